The summed E-state index contributed by atoms with van der Waals surface area (Å²) in [6, 6.07) is 20.2. The number of phenols is 1. The van der Waals surface area contributed by atoms with Crippen molar-refractivity contribution >= 4 is 22.5 Å². The zero-order valence-electron chi connectivity index (χ0n) is 14.7. The maximum Gasteiger partial charge on any atom is 0.230 e. The predicted molar refractivity (Wildman–Crippen MR) is 108 cm³/mol. The number of nitrogens with zero attached hydrogens (tertiary/aromatic N) is 2. The van der Waals surface area contributed by atoms with E-state index in [1.54, 1.807) is 18.2 Å². The zero-order chi connectivity index (χ0) is 18.8. The summed E-state index contributed by atoms with van der Waals surface area (Å²) in [6.45, 7) is 2.04. The Morgan fingerprint density at radius 3 is 2.56 bits per heavy atom. The molecule has 1 aromatic heterocycles. The van der Waals surface area contributed by atoms with Gasteiger partial charge in [-0.15, -0.1) is 0 Å². The first-order valence-corrected chi connectivity index (χ1v) is 9.05. The van der Waals surface area contributed by atoms with Crippen molar-refractivity contribution in [2.45, 2.75) is 13.3 Å². The SMILES string of the molecule is CCc1cc(Oc2nc(-c3ccccc3O)nc3ccccc23)ccc1Cl. The van der Waals surface area contributed by atoms with Gasteiger partial charge in [0.25, 0.3) is 0 Å². The van der Waals surface area contributed by atoms with Crippen molar-refractivity contribution in [2.75, 3.05) is 0 Å². The van der Waals surface area contributed by atoms with E-state index in [4.69, 9.17) is 16.3 Å². The van der Waals surface area contributed by atoms with E-state index in [1.807, 2.05) is 55.5 Å². The summed E-state index contributed by atoms with van der Waals surface area (Å²) < 4.78 is 6.10. The molecule has 0 bridgehead atoms. The van der Waals surface area contributed by atoms with Crippen LogP contribution < -0.4 is 4.74 Å². The molecule has 4 aromatic rings. The Kier molecular flexibility index (Phi) is 4.65. The molecule has 0 aliphatic rings. The number of aromatic hydroxyl groups is 1. The van der Waals surface area contributed by atoms with Crippen molar-refractivity contribution in [3.63, 3.8) is 0 Å². The second kappa shape index (κ2) is 7.25. The molecule has 0 saturated carbocycles. The lowest BCUT2D eigenvalue weighted by atomic mass is 10.1. The van der Waals surface area contributed by atoms with Gasteiger partial charge >= 0.3 is 0 Å². The molecule has 1 N–H and O–H groups in total. The maximum absolute atomic E-state index is 10.2. The number of para-hydroxylation sites is 2. The molecule has 27 heavy (non-hydrogen) atoms. The molecule has 0 radical (unpaired) electrons. The van der Waals surface area contributed by atoms with Gasteiger partial charge in [0, 0.05) is 5.02 Å². The van der Waals surface area contributed by atoms with E-state index in [-0.39, 0.29) is 5.75 Å². The summed E-state index contributed by atoms with van der Waals surface area (Å²) in [5.41, 5.74) is 2.30. The fourth-order valence-corrected chi connectivity index (χ4v) is 3.16. The highest BCUT2D eigenvalue weighted by Crippen LogP contribution is 2.33. The molecule has 0 atom stereocenters. The van der Waals surface area contributed by atoms with Gasteiger partial charge in [-0.25, -0.2) is 4.98 Å². The highest BCUT2D eigenvalue weighted by atomic mass is 35.5. The zero-order valence-corrected chi connectivity index (χ0v) is 15.4. The lowest BCUT2D eigenvalue weighted by Crippen LogP contribution is -1.97. The monoisotopic (exact) mass is 376 g/mol. The van der Waals surface area contributed by atoms with E-state index < -0.39 is 0 Å². The second-order valence-corrected chi connectivity index (χ2v) is 6.50. The third-order valence-electron chi connectivity index (χ3n) is 4.33. The molecule has 5 heteroatoms. The summed E-state index contributed by atoms with van der Waals surface area (Å²) in [5.74, 6) is 1.62. The molecule has 1 heterocycles. The van der Waals surface area contributed by atoms with Crippen molar-refractivity contribution in [2.24, 2.45) is 0 Å². The first-order chi connectivity index (χ1) is 13.2. The van der Waals surface area contributed by atoms with E-state index in [0.717, 1.165) is 22.9 Å². The van der Waals surface area contributed by atoms with E-state index in [1.165, 1.54) is 0 Å². The molecule has 4 rings (SSSR count). The van der Waals surface area contributed by atoms with Crippen LogP contribution in [0, 0.1) is 0 Å². The van der Waals surface area contributed by atoms with Crippen LogP contribution in [0.3, 0.4) is 0 Å². The minimum atomic E-state index is 0.124. The Morgan fingerprint density at radius 1 is 0.963 bits per heavy atom. The Bertz CT molecular complexity index is 1130. The minimum absolute atomic E-state index is 0.124. The van der Waals surface area contributed by atoms with Crippen LogP contribution in [-0.2, 0) is 6.42 Å². The van der Waals surface area contributed by atoms with Gasteiger partial charge in [-0.1, -0.05) is 42.8 Å². The van der Waals surface area contributed by atoms with E-state index in [2.05, 4.69) is 9.97 Å². The second-order valence-electron chi connectivity index (χ2n) is 6.10. The van der Waals surface area contributed by atoms with Gasteiger partial charge in [0.15, 0.2) is 5.82 Å². The van der Waals surface area contributed by atoms with Crippen molar-refractivity contribution in [3.05, 3.63) is 77.3 Å². The topological polar surface area (TPSA) is 55.2 Å². The molecule has 0 unspecified atom stereocenters. The molecule has 134 valence electrons. The number of phenolic OH excluding ortho intramolecular Hbond substituents is 1. The van der Waals surface area contributed by atoms with Crippen LogP contribution in [0.25, 0.3) is 22.3 Å². The lowest BCUT2D eigenvalue weighted by molar-refractivity contribution is 0.466. The van der Waals surface area contributed by atoms with Crippen LogP contribution in [-0.4, -0.2) is 15.1 Å². The van der Waals surface area contributed by atoms with Crippen LogP contribution in [0.4, 0.5) is 0 Å². The van der Waals surface area contributed by atoms with Gasteiger partial charge in [0.1, 0.15) is 11.5 Å². The van der Waals surface area contributed by atoms with Gasteiger partial charge in [0.2, 0.25) is 5.88 Å². The fraction of sp³-hybridized carbons (Fsp3) is 0.0909. The number of fused-ring (bicyclic) bond motifs is 1. The Labute approximate surface area is 162 Å². The minimum Gasteiger partial charge on any atom is -0.507 e. The molecule has 0 amide bonds. The highest BCUT2D eigenvalue weighted by Gasteiger charge is 2.14. The number of benzene rings is 3. The van der Waals surface area contributed by atoms with E-state index in [9.17, 15) is 5.11 Å². The van der Waals surface area contributed by atoms with E-state index >= 15 is 0 Å². The Hall–Kier alpha value is -3.11. The number of hydrogen-bond acceptors (Lipinski definition) is 4. The Balaban J connectivity index is 1.85. The van der Waals surface area contributed by atoms with Gasteiger partial charge in [-0.3, -0.25) is 0 Å². The first-order valence-electron chi connectivity index (χ1n) is 8.67. The molecular formula is C22H17ClN2O2. The third-order valence-corrected chi connectivity index (χ3v) is 4.69. The fourth-order valence-electron chi connectivity index (χ4n) is 2.91. The van der Waals surface area contributed by atoms with Crippen LogP contribution in [0.15, 0.2) is 66.7 Å². The van der Waals surface area contributed by atoms with Crippen molar-refractivity contribution < 1.29 is 9.84 Å². The average Bonchev–Trinajstić information content (AvgIpc) is 2.69. The molecule has 0 aliphatic heterocycles. The van der Waals surface area contributed by atoms with Crippen LogP contribution in [0.2, 0.25) is 5.02 Å². The quantitative estimate of drug-likeness (QED) is 0.473. The summed E-state index contributed by atoms with van der Waals surface area (Å²) in [6.07, 6.45) is 0.809. The predicted octanol–water partition coefficient (Wildman–Crippen LogP) is 6.01. The number of rotatable bonds is 4. The van der Waals surface area contributed by atoms with Gasteiger partial charge in [-0.2, -0.15) is 4.98 Å². The summed E-state index contributed by atoms with van der Waals surface area (Å²) >= 11 is 6.21. The molecule has 0 spiro atoms. The molecule has 0 saturated heterocycles. The number of hydrogen-bond donors (Lipinski definition) is 1. The van der Waals surface area contributed by atoms with Crippen LogP contribution in [0.1, 0.15) is 12.5 Å². The van der Waals surface area contributed by atoms with Gasteiger partial charge in [-0.05, 0) is 54.4 Å². The summed E-state index contributed by atoms with van der Waals surface area (Å²) in [5, 5.41) is 11.7. The number of halogens is 1. The molecule has 0 fully saturated rings. The third kappa shape index (κ3) is 3.44. The normalized spacial score (nSPS) is 10.9. The number of aryl methyl sites for hydroxylation is 1. The van der Waals surface area contributed by atoms with Crippen LogP contribution in [0.5, 0.6) is 17.4 Å². The summed E-state index contributed by atoms with van der Waals surface area (Å²) in [7, 11) is 0. The molecule has 0 aliphatic carbocycles. The van der Waals surface area contributed by atoms with Crippen molar-refractivity contribution in [1.29, 1.82) is 0 Å². The van der Waals surface area contributed by atoms with Gasteiger partial charge < -0.3 is 9.84 Å². The smallest absolute Gasteiger partial charge is 0.230 e. The van der Waals surface area contributed by atoms with E-state index in [0.29, 0.717) is 28.0 Å². The molecule has 4 nitrogen and oxygen atoms in total. The van der Waals surface area contributed by atoms with Crippen LogP contribution >= 0.6 is 11.6 Å². The van der Waals surface area contributed by atoms with Crippen molar-refractivity contribution in [3.8, 4) is 28.8 Å². The first kappa shape index (κ1) is 17.3. The highest BCUT2D eigenvalue weighted by molar-refractivity contribution is 6.31. The van der Waals surface area contributed by atoms with Gasteiger partial charge in [0.05, 0.1) is 16.5 Å². The number of ether oxygens (including phenoxy) is 1. The molecular weight excluding hydrogens is 360 g/mol. The lowest BCUT2D eigenvalue weighted by Gasteiger charge is -2.12. The maximum atomic E-state index is 10.2. The number of aromatic nitrogens is 2. The Morgan fingerprint density at radius 2 is 1.74 bits per heavy atom. The summed E-state index contributed by atoms with van der Waals surface area (Å²) in [4.78, 5) is 9.16. The molecule has 3 aromatic carbocycles. The average molecular weight is 377 g/mol. The largest absolute Gasteiger partial charge is 0.507 e. The standard InChI is InChI=1S/C22H17ClN2O2/c1-2-14-13-15(11-12-18(14)23)27-22-16-7-3-5-9-19(16)24-21(25-22)17-8-4-6-10-20(17)26/h3-13,26H,2H2,1H3. The van der Waals surface area contributed by atoms with Crippen molar-refractivity contribution in [1.82, 2.24) is 9.97 Å².